The standard InChI is InChI=1S/C21H25N5O2S/c1-14-12-18-22-17(13-19(26(18)24-14)25-8-10-29-11-9-25)23-20(27)15-4-6-16(7-5-15)21(2,3)28/h4-7,12-13,28H,8-11H2,1-3H3,(H,22,23,27). The van der Waals surface area contributed by atoms with Crippen molar-refractivity contribution in [3.8, 4) is 0 Å². The van der Waals surface area contributed by atoms with Gasteiger partial charge in [0.2, 0.25) is 0 Å². The van der Waals surface area contributed by atoms with Gasteiger partial charge in [-0.3, -0.25) is 4.79 Å². The van der Waals surface area contributed by atoms with E-state index in [1.807, 2.05) is 35.3 Å². The van der Waals surface area contributed by atoms with Gasteiger partial charge in [0.05, 0.1) is 11.3 Å². The van der Waals surface area contributed by atoms with Gasteiger partial charge in [0.15, 0.2) is 5.65 Å². The molecule has 0 spiro atoms. The Hall–Kier alpha value is -2.58. The summed E-state index contributed by atoms with van der Waals surface area (Å²) in [6.07, 6.45) is 0. The maximum atomic E-state index is 12.8. The van der Waals surface area contributed by atoms with Crippen LogP contribution in [0.2, 0.25) is 0 Å². The molecular weight excluding hydrogens is 386 g/mol. The van der Waals surface area contributed by atoms with Crippen LogP contribution in [0.15, 0.2) is 36.4 Å². The molecule has 0 unspecified atom stereocenters. The summed E-state index contributed by atoms with van der Waals surface area (Å²) in [5, 5.41) is 17.6. The van der Waals surface area contributed by atoms with Crippen molar-refractivity contribution in [2.24, 2.45) is 0 Å². The van der Waals surface area contributed by atoms with Gasteiger partial charge in [0, 0.05) is 42.3 Å². The summed E-state index contributed by atoms with van der Waals surface area (Å²) >= 11 is 1.94. The van der Waals surface area contributed by atoms with Crippen molar-refractivity contribution < 1.29 is 9.90 Å². The van der Waals surface area contributed by atoms with Gasteiger partial charge in [-0.25, -0.2) is 4.98 Å². The third-order valence-corrected chi connectivity index (χ3v) is 5.90. The molecule has 1 fully saturated rings. The first kappa shape index (κ1) is 19.7. The predicted octanol–water partition coefficient (Wildman–Crippen LogP) is 3.07. The fourth-order valence-electron chi connectivity index (χ4n) is 3.37. The van der Waals surface area contributed by atoms with Crippen molar-refractivity contribution in [1.29, 1.82) is 0 Å². The molecule has 0 aliphatic carbocycles. The average Bonchev–Trinajstić information content (AvgIpc) is 3.07. The first-order valence-electron chi connectivity index (χ1n) is 9.66. The lowest BCUT2D eigenvalue weighted by atomic mass is 9.97. The number of fused-ring (bicyclic) bond motifs is 1. The van der Waals surface area contributed by atoms with E-state index in [1.165, 1.54) is 0 Å². The number of anilines is 2. The number of hydrogen-bond acceptors (Lipinski definition) is 6. The number of aromatic nitrogens is 3. The van der Waals surface area contributed by atoms with Gasteiger partial charge in [-0.15, -0.1) is 0 Å². The highest BCUT2D eigenvalue weighted by Gasteiger charge is 2.19. The number of benzene rings is 1. The molecule has 0 atom stereocenters. The lowest BCUT2D eigenvalue weighted by molar-refractivity contribution is 0.0785. The lowest BCUT2D eigenvalue weighted by Gasteiger charge is -2.28. The maximum Gasteiger partial charge on any atom is 0.256 e. The third-order valence-electron chi connectivity index (χ3n) is 4.96. The summed E-state index contributed by atoms with van der Waals surface area (Å²) in [5.41, 5.74) is 1.93. The topological polar surface area (TPSA) is 82.8 Å². The van der Waals surface area contributed by atoms with Gasteiger partial charge in [-0.2, -0.15) is 21.4 Å². The monoisotopic (exact) mass is 411 g/mol. The molecule has 0 radical (unpaired) electrons. The molecule has 2 aromatic heterocycles. The number of amides is 1. The second-order valence-electron chi connectivity index (χ2n) is 7.75. The fourth-order valence-corrected chi connectivity index (χ4v) is 4.28. The molecule has 1 aliphatic rings. The minimum atomic E-state index is -0.941. The molecule has 0 bridgehead atoms. The Kier molecular flexibility index (Phi) is 5.23. The van der Waals surface area contributed by atoms with E-state index >= 15 is 0 Å². The molecule has 0 saturated carbocycles. The molecular formula is C21H25N5O2S. The Balaban J connectivity index is 1.62. The highest BCUT2D eigenvalue weighted by molar-refractivity contribution is 7.99. The Morgan fingerprint density at radius 2 is 1.86 bits per heavy atom. The smallest absolute Gasteiger partial charge is 0.256 e. The molecule has 29 heavy (non-hydrogen) atoms. The molecule has 4 rings (SSSR count). The number of thioether (sulfide) groups is 1. The minimum absolute atomic E-state index is 0.236. The zero-order valence-electron chi connectivity index (χ0n) is 16.8. The summed E-state index contributed by atoms with van der Waals surface area (Å²) in [6, 6.07) is 10.8. The molecule has 152 valence electrons. The van der Waals surface area contributed by atoms with Crippen LogP contribution < -0.4 is 10.2 Å². The first-order valence-corrected chi connectivity index (χ1v) is 10.8. The number of carbonyl (C=O) groups excluding carboxylic acids is 1. The molecule has 7 nitrogen and oxygen atoms in total. The van der Waals surface area contributed by atoms with Gasteiger partial charge >= 0.3 is 0 Å². The van der Waals surface area contributed by atoms with Crippen molar-refractivity contribution in [1.82, 2.24) is 14.6 Å². The number of carbonyl (C=O) groups is 1. The summed E-state index contributed by atoms with van der Waals surface area (Å²) in [4.78, 5) is 19.6. The summed E-state index contributed by atoms with van der Waals surface area (Å²) < 4.78 is 1.85. The van der Waals surface area contributed by atoms with Crippen LogP contribution in [0.3, 0.4) is 0 Å². The van der Waals surface area contributed by atoms with Crippen molar-refractivity contribution in [3.05, 3.63) is 53.2 Å². The van der Waals surface area contributed by atoms with Crippen LogP contribution in [-0.2, 0) is 5.60 Å². The predicted molar refractivity (Wildman–Crippen MR) is 117 cm³/mol. The van der Waals surface area contributed by atoms with Crippen LogP contribution in [0.1, 0.15) is 35.5 Å². The van der Waals surface area contributed by atoms with Gasteiger partial charge in [0.1, 0.15) is 11.6 Å². The summed E-state index contributed by atoms with van der Waals surface area (Å²) in [6.45, 7) is 7.25. The fraction of sp³-hybridized carbons (Fsp3) is 0.381. The van der Waals surface area contributed by atoms with Crippen LogP contribution in [0, 0.1) is 6.92 Å². The number of aryl methyl sites for hydroxylation is 1. The summed E-state index contributed by atoms with van der Waals surface area (Å²) in [7, 11) is 0. The highest BCUT2D eigenvalue weighted by atomic mass is 32.2. The molecule has 3 heterocycles. The van der Waals surface area contributed by atoms with Gasteiger partial charge in [0.25, 0.3) is 5.91 Å². The molecule has 1 amide bonds. The third kappa shape index (κ3) is 4.23. The van der Waals surface area contributed by atoms with E-state index in [0.717, 1.165) is 41.7 Å². The molecule has 3 aromatic rings. The molecule has 1 saturated heterocycles. The molecule has 1 aromatic carbocycles. The number of hydrogen-bond donors (Lipinski definition) is 2. The number of nitrogens with zero attached hydrogens (tertiary/aromatic N) is 4. The van der Waals surface area contributed by atoms with Crippen LogP contribution in [0.5, 0.6) is 0 Å². The second-order valence-corrected chi connectivity index (χ2v) is 8.97. The maximum absolute atomic E-state index is 12.8. The van der Waals surface area contributed by atoms with Crippen LogP contribution in [0.4, 0.5) is 11.6 Å². The quantitative estimate of drug-likeness (QED) is 0.687. The van der Waals surface area contributed by atoms with E-state index in [-0.39, 0.29) is 5.91 Å². The average molecular weight is 412 g/mol. The Morgan fingerprint density at radius 3 is 2.52 bits per heavy atom. The van der Waals surface area contributed by atoms with Gasteiger partial charge in [-0.1, -0.05) is 12.1 Å². The van der Waals surface area contributed by atoms with Crippen molar-refractivity contribution in [2.45, 2.75) is 26.4 Å². The van der Waals surface area contributed by atoms with Gasteiger partial charge < -0.3 is 15.3 Å². The zero-order chi connectivity index (χ0) is 20.6. The Bertz CT molecular complexity index is 1030. The molecule has 1 aliphatic heterocycles. The largest absolute Gasteiger partial charge is 0.386 e. The molecule has 8 heteroatoms. The number of rotatable bonds is 4. The van der Waals surface area contributed by atoms with Crippen LogP contribution >= 0.6 is 11.8 Å². The van der Waals surface area contributed by atoms with Gasteiger partial charge in [-0.05, 0) is 38.5 Å². The number of aliphatic hydroxyl groups is 1. The van der Waals surface area contributed by atoms with E-state index in [9.17, 15) is 9.90 Å². The lowest BCUT2D eigenvalue weighted by Crippen LogP contribution is -2.34. The first-order chi connectivity index (χ1) is 13.8. The second kappa shape index (κ2) is 7.68. The van der Waals surface area contributed by atoms with Crippen LogP contribution in [0.25, 0.3) is 5.65 Å². The Morgan fingerprint density at radius 1 is 1.17 bits per heavy atom. The summed E-state index contributed by atoms with van der Waals surface area (Å²) in [5.74, 6) is 3.34. The SMILES string of the molecule is Cc1cc2nc(NC(=O)c3ccc(C(C)(C)O)cc3)cc(N3CCSCC3)n2n1. The van der Waals surface area contributed by atoms with Crippen molar-refractivity contribution in [3.63, 3.8) is 0 Å². The minimum Gasteiger partial charge on any atom is -0.386 e. The van der Waals surface area contributed by atoms with Crippen LogP contribution in [-0.4, -0.2) is 50.2 Å². The molecule has 2 N–H and O–H groups in total. The van der Waals surface area contributed by atoms with Crippen molar-refractivity contribution >= 4 is 35.0 Å². The van der Waals surface area contributed by atoms with E-state index in [2.05, 4.69) is 20.3 Å². The van der Waals surface area contributed by atoms with E-state index < -0.39 is 5.60 Å². The number of nitrogens with one attached hydrogen (secondary N) is 1. The Labute approximate surface area is 174 Å². The van der Waals surface area contributed by atoms with E-state index in [0.29, 0.717) is 17.0 Å². The van der Waals surface area contributed by atoms with Crippen molar-refractivity contribution in [2.75, 3.05) is 34.8 Å². The zero-order valence-corrected chi connectivity index (χ0v) is 17.7. The highest BCUT2D eigenvalue weighted by Crippen LogP contribution is 2.24. The van der Waals surface area contributed by atoms with E-state index in [4.69, 9.17) is 0 Å². The van der Waals surface area contributed by atoms with E-state index in [1.54, 1.807) is 38.1 Å². The normalized spacial score (nSPS) is 15.0.